The van der Waals surface area contributed by atoms with Crippen LogP contribution in [0, 0.1) is 13.8 Å². The van der Waals surface area contributed by atoms with Gasteiger partial charge in [0.15, 0.2) is 0 Å². The summed E-state index contributed by atoms with van der Waals surface area (Å²) in [5.74, 6) is 0.173. The van der Waals surface area contributed by atoms with Crippen molar-refractivity contribution in [3.63, 3.8) is 0 Å². The van der Waals surface area contributed by atoms with E-state index in [4.69, 9.17) is 4.74 Å². The fourth-order valence-electron chi connectivity index (χ4n) is 3.71. The van der Waals surface area contributed by atoms with Crippen molar-refractivity contribution in [1.29, 1.82) is 0 Å². The minimum atomic E-state index is -0.172. The molecule has 3 nitrogen and oxygen atoms in total. The molecule has 0 bridgehead atoms. The number of phenols is 1. The molecule has 0 aliphatic heterocycles. The molecule has 0 saturated heterocycles. The number of benzene rings is 1. The maximum atomic E-state index is 12.3. The van der Waals surface area contributed by atoms with Crippen molar-refractivity contribution < 1.29 is 14.6 Å². The Hall–Kier alpha value is -1.51. The lowest BCUT2D eigenvalue weighted by molar-refractivity contribution is -0.142. The molecule has 0 atom stereocenters. The monoisotopic (exact) mass is 404 g/mol. The smallest absolute Gasteiger partial charge is 0.310 e. The van der Waals surface area contributed by atoms with E-state index in [0.29, 0.717) is 12.4 Å². The number of rotatable bonds is 13. The van der Waals surface area contributed by atoms with Gasteiger partial charge in [0.05, 0.1) is 13.0 Å². The number of aromatic hydroxyl groups is 1. The average Bonchev–Trinajstić information content (AvgIpc) is 2.65. The lowest BCUT2D eigenvalue weighted by atomic mass is 9.82. The summed E-state index contributed by atoms with van der Waals surface area (Å²) in [5.41, 5.74) is 3.51. The minimum Gasteiger partial charge on any atom is -0.507 e. The van der Waals surface area contributed by atoms with Crippen molar-refractivity contribution in [2.24, 2.45) is 0 Å². The van der Waals surface area contributed by atoms with E-state index in [2.05, 4.69) is 27.7 Å². The van der Waals surface area contributed by atoms with Crippen molar-refractivity contribution in [2.75, 3.05) is 6.61 Å². The predicted molar refractivity (Wildman–Crippen MR) is 123 cm³/mol. The van der Waals surface area contributed by atoms with Crippen LogP contribution < -0.4 is 0 Å². The Labute approximate surface area is 179 Å². The molecule has 0 fully saturated rings. The maximum absolute atomic E-state index is 12.3. The molecule has 3 heteroatoms. The van der Waals surface area contributed by atoms with E-state index in [1.54, 1.807) is 0 Å². The summed E-state index contributed by atoms with van der Waals surface area (Å²) in [7, 11) is 0. The predicted octanol–water partition coefficient (Wildman–Crippen LogP) is 7.31. The molecule has 166 valence electrons. The highest BCUT2D eigenvalue weighted by atomic mass is 16.5. The van der Waals surface area contributed by atoms with Crippen molar-refractivity contribution in [1.82, 2.24) is 0 Å². The normalized spacial score (nSPS) is 11.7. The Morgan fingerprint density at radius 1 is 0.897 bits per heavy atom. The van der Waals surface area contributed by atoms with Gasteiger partial charge in [0, 0.05) is 0 Å². The zero-order chi connectivity index (χ0) is 21.9. The van der Waals surface area contributed by atoms with E-state index in [0.717, 1.165) is 35.1 Å². The van der Waals surface area contributed by atoms with Gasteiger partial charge in [-0.2, -0.15) is 0 Å². The van der Waals surface area contributed by atoms with Gasteiger partial charge < -0.3 is 9.84 Å². The van der Waals surface area contributed by atoms with Gasteiger partial charge in [-0.25, -0.2) is 0 Å². The molecule has 1 aromatic carbocycles. The van der Waals surface area contributed by atoms with Crippen molar-refractivity contribution in [3.8, 4) is 5.75 Å². The van der Waals surface area contributed by atoms with Crippen LogP contribution in [0.3, 0.4) is 0 Å². The molecular formula is C26H44O3. The standard InChI is InChI=1S/C26H44O3/c1-7-8-9-10-11-12-13-14-15-16-17-29-24(27)19-22-18-23(26(4,5)6)25(28)21(3)20(22)2/h18,28H,7-17,19H2,1-6H3. The van der Waals surface area contributed by atoms with E-state index < -0.39 is 0 Å². The van der Waals surface area contributed by atoms with Crippen molar-refractivity contribution in [2.45, 2.75) is 118 Å². The highest BCUT2D eigenvalue weighted by Crippen LogP contribution is 2.36. The van der Waals surface area contributed by atoms with Gasteiger partial charge in [-0.1, -0.05) is 91.5 Å². The molecule has 1 N–H and O–H groups in total. The number of hydrogen-bond acceptors (Lipinski definition) is 3. The largest absolute Gasteiger partial charge is 0.507 e. The first-order valence-electron chi connectivity index (χ1n) is 11.7. The second-order valence-corrected chi connectivity index (χ2v) is 9.51. The molecule has 0 aromatic heterocycles. The fourth-order valence-corrected chi connectivity index (χ4v) is 3.71. The number of ether oxygens (including phenoxy) is 1. The maximum Gasteiger partial charge on any atom is 0.310 e. The van der Waals surface area contributed by atoms with Gasteiger partial charge >= 0.3 is 5.97 Å². The summed E-state index contributed by atoms with van der Waals surface area (Å²) in [4.78, 5) is 12.3. The van der Waals surface area contributed by atoms with Gasteiger partial charge in [0.25, 0.3) is 0 Å². The molecule has 0 unspecified atom stereocenters. The Balaban J connectivity index is 2.33. The molecule has 1 aromatic rings. The number of esters is 1. The van der Waals surface area contributed by atoms with Gasteiger partial charge in [-0.15, -0.1) is 0 Å². The van der Waals surface area contributed by atoms with Crippen LogP contribution in [0.25, 0.3) is 0 Å². The molecule has 0 heterocycles. The zero-order valence-corrected chi connectivity index (χ0v) is 19.8. The molecular weight excluding hydrogens is 360 g/mol. The van der Waals surface area contributed by atoms with Crippen molar-refractivity contribution >= 4 is 5.97 Å². The van der Waals surface area contributed by atoms with Gasteiger partial charge in [0.1, 0.15) is 5.75 Å². The van der Waals surface area contributed by atoms with E-state index >= 15 is 0 Å². The average molecular weight is 405 g/mol. The lowest BCUT2D eigenvalue weighted by Gasteiger charge is -2.24. The van der Waals surface area contributed by atoms with Crippen LogP contribution in [-0.4, -0.2) is 17.7 Å². The number of phenolic OH excluding ortho intramolecular Hbond substituents is 1. The third-order valence-corrected chi connectivity index (χ3v) is 5.88. The van der Waals surface area contributed by atoms with Crippen LogP contribution in [-0.2, 0) is 21.4 Å². The van der Waals surface area contributed by atoms with E-state index in [1.807, 2.05) is 19.9 Å². The quantitative estimate of drug-likeness (QED) is 0.277. The minimum absolute atomic E-state index is 0.169. The number of unbranched alkanes of at least 4 members (excludes halogenated alkanes) is 9. The SMILES string of the molecule is CCCCCCCCCCCCOC(=O)Cc1cc(C(C)(C)C)c(O)c(C)c1C. The Bertz CT molecular complexity index is 626. The third kappa shape index (κ3) is 9.23. The Morgan fingerprint density at radius 3 is 1.93 bits per heavy atom. The van der Waals surface area contributed by atoms with Crippen LogP contribution >= 0.6 is 0 Å². The number of carbonyl (C=O) groups excluding carboxylic acids is 1. The van der Waals surface area contributed by atoms with E-state index in [9.17, 15) is 9.90 Å². The van der Waals surface area contributed by atoms with Gasteiger partial charge in [-0.05, 0) is 47.9 Å². The first-order valence-corrected chi connectivity index (χ1v) is 11.7. The van der Waals surface area contributed by atoms with Crippen LogP contribution in [0.1, 0.15) is 114 Å². The third-order valence-electron chi connectivity index (χ3n) is 5.88. The number of hydrogen-bond donors (Lipinski definition) is 1. The van der Waals surface area contributed by atoms with Crippen LogP contribution in [0.15, 0.2) is 6.07 Å². The first-order chi connectivity index (χ1) is 13.7. The van der Waals surface area contributed by atoms with Gasteiger partial charge in [0.2, 0.25) is 0 Å². The van der Waals surface area contributed by atoms with Gasteiger partial charge in [-0.3, -0.25) is 4.79 Å². The number of carbonyl (C=O) groups is 1. The highest BCUT2D eigenvalue weighted by molar-refractivity contribution is 5.74. The molecule has 0 saturated carbocycles. The lowest BCUT2D eigenvalue weighted by Crippen LogP contribution is -2.15. The Morgan fingerprint density at radius 2 is 1.41 bits per heavy atom. The molecule has 0 spiro atoms. The summed E-state index contributed by atoms with van der Waals surface area (Å²) in [5, 5.41) is 10.5. The van der Waals surface area contributed by atoms with E-state index in [-0.39, 0.29) is 17.8 Å². The molecule has 0 aliphatic carbocycles. The summed E-state index contributed by atoms with van der Waals surface area (Å²) >= 11 is 0. The molecule has 0 amide bonds. The zero-order valence-electron chi connectivity index (χ0n) is 19.8. The van der Waals surface area contributed by atoms with E-state index in [1.165, 1.54) is 51.4 Å². The van der Waals surface area contributed by atoms with Crippen LogP contribution in [0.2, 0.25) is 0 Å². The second-order valence-electron chi connectivity index (χ2n) is 9.51. The summed E-state index contributed by atoms with van der Waals surface area (Å²) in [6.07, 6.45) is 13.0. The summed E-state index contributed by atoms with van der Waals surface area (Å²) in [6.45, 7) is 12.9. The Kier molecular flexibility index (Phi) is 11.4. The molecule has 0 radical (unpaired) electrons. The first kappa shape index (κ1) is 25.5. The van der Waals surface area contributed by atoms with Crippen LogP contribution in [0.5, 0.6) is 5.75 Å². The molecule has 29 heavy (non-hydrogen) atoms. The molecule has 1 rings (SSSR count). The summed E-state index contributed by atoms with van der Waals surface area (Å²) < 4.78 is 5.47. The topological polar surface area (TPSA) is 46.5 Å². The van der Waals surface area contributed by atoms with Crippen molar-refractivity contribution in [3.05, 3.63) is 28.3 Å². The van der Waals surface area contributed by atoms with Crippen LogP contribution in [0.4, 0.5) is 0 Å². The fraction of sp³-hybridized carbons (Fsp3) is 0.731. The second kappa shape index (κ2) is 12.9. The molecule has 0 aliphatic rings. The summed E-state index contributed by atoms with van der Waals surface area (Å²) in [6, 6.07) is 1.97. The highest BCUT2D eigenvalue weighted by Gasteiger charge is 2.22.